The van der Waals surface area contributed by atoms with Crippen molar-refractivity contribution in [2.45, 2.75) is 17.2 Å². The summed E-state index contributed by atoms with van der Waals surface area (Å²) >= 11 is 9.16. The Balaban J connectivity index is 1.78. The Hall–Kier alpha value is -0.770. The van der Waals surface area contributed by atoms with Gasteiger partial charge in [-0.3, -0.25) is 4.79 Å². The monoisotopic (exact) mass is 294 g/mol. The Morgan fingerprint density at radius 1 is 1.28 bits per heavy atom. The van der Waals surface area contributed by atoms with E-state index in [1.807, 2.05) is 24.3 Å². The quantitative estimate of drug-likeness (QED) is 0.834. The molecule has 0 saturated heterocycles. The van der Waals surface area contributed by atoms with Crippen molar-refractivity contribution in [1.29, 1.82) is 0 Å². The third kappa shape index (κ3) is 2.35. The van der Waals surface area contributed by atoms with Crippen LogP contribution in [-0.2, 0) is 11.2 Å². The van der Waals surface area contributed by atoms with Gasteiger partial charge in [0.1, 0.15) is 5.78 Å². The van der Waals surface area contributed by atoms with Crippen molar-refractivity contribution in [2.24, 2.45) is 0 Å². The molecule has 0 aliphatic carbocycles. The van der Waals surface area contributed by atoms with E-state index in [0.717, 1.165) is 15.0 Å². The summed E-state index contributed by atoms with van der Waals surface area (Å²) in [6.07, 6.45) is 0.497. The zero-order valence-corrected chi connectivity index (χ0v) is 11.9. The predicted octanol–water partition coefficient (Wildman–Crippen LogP) is 4.40. The van der Waals surface area contributed by atoms with Gasteiger partial charge in [-0.05, 0) is 23.8 Å². The molecule has 1 aliphatic rings. The van der Waals surface area contributed by atoms with Crippen molar-refractivity contribution in [1.82, 2.24) is 0 Å². The lowest BCUT2D eigenvalue weighted by atomic mass is 9.95. The van der Waals surface area contributed by atoms with E-state index in [9.17, 15) is 4.79 Å². The third-order valence-electron chi connectivity index (χ3n) is 3.07. The second kappa shape index (κ2) is 5.08. The highest BCUT2D eigenvalue weighted by Gasteiger charge is 2.28. The summed E-state index contributed by atoms with van der Waals surface area (Å²) in [5.74, 6) is 1.22. The van der Waals surface area contributed by atoms with Crippen LogP contribution in [0.1, 0.15) is 16.4 Å². The molecule has 0 saturated carbocycles. The number of carbonyl (C=O) groups excluding carboxylic acids is 1. The summed E-state index contributed by atoms with van der Waals surface area (Å²) in [5, 5.41) is 0. The highest BCUT2D eigenvalue weighted by molar-refractivity contribution is 7.99. The summed E-state index contributed by atoms with van der Waals surface area (Å²) in [4.78, 5) is 14.6. The van der Waals surface area contributed by atoms with E-state index in [4.69, 9.17) is 11.6 Å². The van der Waals surface area contributed by atoms with Gasteiger partial charge in [-0.15, -0.1) is 23.1 Å². The lowest BCUT2D eigenvalue weighted by Gasteiger charge is -2.08. The molecule has 0 amide bonds. The van der Waals surface area contributed by atoms with Gasteiger partial charge in [-0.2, -0.15) is 0 Å². The van der Waals surface area contributed by atoms with Gasteiger partial charge in [0.2, 0.25) is 0 Å². The van der Waals surface area contributed by atoms with E-state index in [-0.39, 0.29) is 5.92 Å². The number of carbonyl (C=O) groups is 1. The van der Waals surface area contributed by atoms with Crippen molar-refractivity contribution in [3.05, 3.63) is 51.2 Å². The van der Waals surface area contributed by atoms with Crippen LogP contribution in [0, 0.1) is 0 Å². The minimum absolute atomic E-state index is 0.0482. The molecule has 1 aromatic carbocycles. The van der Waals surface area contributed by atoms with Gasteiger partial charge in [0.25, 0.3) is 0 Å². The van der Waals surface area contributed by atoms with Gasteiger partial charge < -0.3 is 0 Å². The molecule has 1 nitrogen and oxygen atoms in total. The molecule has 0 N–H and O–H groups in total. The molecule has 1 atom stereocenters. The Morgan fingerprint density at radius 2 is 2.11 bits per heavy atom. The van der Waals surface area contributed by atoms with Gasteiger partial charge in [0.05, 0.1) is 10.3 Å². The number of thiophene rings is 1. The second-order valence-corrected chi connectivity index (χ2v) is 7.11. The molecule has 0 radical (unpaired) electrons. The third-order valence-corrected chi connectivity index (χ3v) is 5.48. The SMILES string of the molecule is O=C(Cc1ccc(Cl)s1)C1CSc2ccccc21. The average Bonchev–Trinajstić information content (AvgIpc) is 2.95. The zero-order valence-electron chi connectivity index (χ0n) is 9.56. The fraction of sp³-hybridized carbons (Fsp3) is 0.214. The maximum atomic E-state index is 12.3. The molecule has 0 spiro atoms. The molecule has 1 aromatic heterocycles. The van der Waals surface area contributed by atoms with Gasteiger partial charge in [-0.25, -0.2) is 0 Å². The lowest BCUT2D eigenvalue weighted by Crippen LogP contribution is -2.14. The van der Waals surface area contributed by atoms with E-state index in [2.05, 4.69) is 12.1 Å². The molecular weight excluding hydrogens is 284 g/mol. The number of fused-ring (bicyclic) bond motifs is 1. The smallest absolute Gasteiger partial charge is 0.146 e. The summed E-state index contributed by atoms with van der Waals surface area (Å²) in [5.41, 5.74) is 1.19. The van der Waals surface area contributed by atoms with Crippen LogP contribution in [0.25, 0.3) is 0 Å². The fourth-order valence-corrected chi connectivity index (χ4v) is 4.53. The van der Waals surface area contributed by atoms with E-state index in [1.54, 1.807) is 11.8 Å². The molecule has 2 aromatic rings. The lowest BCUT2D eigenvalue weighted by molar-refractivity contribution is -0.119. The Bertz CT molecular complexity index is 591. The topological polar surface area (TPSA) is 17.1 Å². The Kier molecular flexibility index (Phi) is 3.46. The van der Waals surface area contributed by atoms with Crippen LogP contribution in [0.15, 0.2) is 41.3 Å². The first-order valence-electron chi connectivity index (χ1n) is 5.72. The molecule has 0 fully saturated rings. The summed E-state index contributed by atoms with van der Waals surface area (Å²) in [6.45, 7) is 0. The zero-order chi connectivity index (χ0) is 12.5. The number of Topliss-reactive ketones (excluding diaryl/α,β-unsaturated/α-hetero) is 1. The van der Waals surface area contributed by atoms with Gasteiger partial charge in [-0.1, -0.05) is 29.8 Å². The normalized spacial score (nSPS) is 17.7. The van der Waals surface area contributed by atoms with Gasteiger partial charge >= 0.3 is 0 Å². The molecular formula is C14H11ClOS2. The number of hydrogen-bond donors (Lipinski definition) is 0. The average molecular weight is 295 g/mol. The van der Waals surface area contributed by atoms with E-state index < -0.39 is 0 Å². The first kappa shape index (κ1) is 12.3. The minimum atomic E-state index is 0.0482. The second-order valence-electron chi connectivity index (χ2n) is 4.25. The van der Waals surface area contributed by atoms with E-state index >= 15 is 0 Å². The molecule has 2 heterocycles. The Morgan fingerprint density at radius 3 is 2.89 bits per heavy atom. The molecule has 0 bridgehead atoms. The molecule has 18 heavy (non-hydrogen) atoms. The van der Waals surface area contributed by atoms with Crippen LogP contribution >= 0.6 is 34.7 Å². The largest absolute Gasteiger partial charge is 0.299 e. The number of thioether (sulfide) groups is 1. The molecule has 1 unspecified atom stereocenters. The first-order valence-corrected chi connectivity index (χ1v) is 7.90. The number of hydrogen-bond acceptors (Lipinski definition) is 3. The molecule has 1 aliphatic heterocycles. The summed E-state index contributed by atoms with van der Waals surface area (Å²) < 4.78 is 0.749. The van der Waals surface area contributed by atoms with Crippen molar-refractivity contribution < 1.29 is 4.79 Å². The van der Waals surface area contributed by atoms with Crippen LogP contribution in [0.5, 0.6) is 0 Å². The maximum Gasteiger partial charge on any atom is 0.146 e. The predicted molar refractivity (Wildman–Crippen MR) is 77.9 cm³/mol. The minimum Gasteiger partial charge on any atom is -0.299 e. The summed E-state index contributed by atoms with van der Waals surface area (Å²) in [6, 6.07) is 12.0. The maximum absolute atomic E-state index is 12.3. The Labute approximate surface area is 119 Å². The number of benzene rings is 1. The molecule has 4 heteroatoms. The van der Waals surface area contributed by atoms with Crippen LogP contribution in [0.4, 0.5) is 0 Å². The van der Waals surface area contributed by atoms with Crippen molar-refractivity contribution in [2.75, 3.05) is 5.75 Å². The van der Waals surface area contributed by atoms with Crippen LogP contribution in [-0.4, -0.2) is 11.5 Å². The van der Waals surface area contributed by atoms with Crippen molar-refractivity contribution >= 4 is 40.5 Å². The van der Waals surface area contributed by atoms with Crippen LogP contribution in [0.3, 0.4) is 0 Å². The first-order chi connectivity index (χ1) is 8.74. The van der Waals surface area contributed by atoms with Gasteiger partial charge in [0.15, 0.2) is 0 Å². The van der Waals surface area contributed by atoms with Crippen LogP contribution < -0.4 is 0 Å². The molecule has 3 rings (SSSR count). The van der Waals surface area contributed by atoms with Crippen molar-refractivity contribution in [3.8, 4) is 0 Å². The standard InChI is InChI=1S/C14H11ClOS2/c15-14-6-5-9(18-14)7-12(16)11-8-17-13-4-2-1-3-10(11)13/h1-6,11H,7-8H2. The molecule has 92 valence electrons. The fourth-order valence-electron chi connectivity index (χ4n) is 2.17. The number of ketones is 1. The van der Waals surface area contributed by atoms with Gasteiger partial charge in [0, 0.05) is 21.9 Å². The highest BCUT2D eigenvalue weighted by Crippen LogP contribution is 2.40. The summed E-state index contributed by atoms with van der Waals surface area (Å²) in [7, 11) is 0. The van der Waals surface area contributed by atoms with E-state index in [1.165, 1.54) is 21.8 Å². The van der Waals surface area contributed by atoms with Crippen LogP contribution in [0.2, 0.25) is 4.34 Å². The van der Waals surface area contributed by atoms with Crippen molar-refractivity contribution in [3.63, 3.8) is 0 Å². The number of rotatable bonds is 3. The van der Waals surface area contributed by atoms with E-state index in [0.29, 0.717) is 12.2 Å². The number of halogens is 1. The highest BCUT2D eigenvalue weighted by atomic mass is 35.5.